The summed E-state index contributed by atoms with van der Waals surface area (Å²) < 4.78 is 0. The van der Waals surface area contributed by atoms with E-state index in [0.29, 0.717) is 20.6 Å². The van der Waals surface area contributed by atoms with Crippen LogP contribution in [0.15, 0.2) is 58.3 Å². The Balaban J connectivity index is 2.15. The van der Waals surface area contributed by atoms with Crippen molar-refractivity contribution in [3.05, 3.63) is 59.4 Å². The lowest BCUT2D eigenvalue weighted by Crippen LogP contribution is -2.30. The summed E-state index contributed by atoms with van der Waals surface area (Å²) in [5.74, 6) is -1.76. The highest BCUT2D eigenvalue weighted by Crippen LogP contribution is 2.40. The van der Waals surface area contributed by atoms with Crippen LogP contribution in [0.25, 0.3) is 10.8 Å². The number of nitrogens with zero attached hydrogens (tertiary/aromatic N) is 1. The Kier molecular flexibility index (Phi) is 5.29. The Morgan fingerprint density at radius 2 is 1.73 bits per heavy atom. The first-order valence-corrected chi connectivity index (χ1v) is 8.71. The molecule has 8 heteroatoms. The molecule has 1 heterocycles. The van der Waals surface area contributed by atoms with Gasteiger partial charge in [0.25, 0.3) is 5.91 Å². The molecular weight excluding hydrogens is 376 g/mol. The molecule has 6 nitrogen and oxygen atoms in total. The van der Waals surface area contributed by atoms with Gasteiger partial charge in [0, 0.05) is 10.8 Å². The number of amides is 1. The number of phenols is 1. The monoisotopic (exact) mass is 388 g/mol. The summed E-state index contributed by atoms with van der Waals surface area (Å²) in [5.41, 5.74) is 0.00297. The van der Waals surface area contributed by atoms with E-state index in [2.05, 4.69) is 10.3 Å². The summed E-state index contributed by atoms with van der Waals surface area (Å²) in [6.45, 7) is -0.536. The maximum Gasteiger partial charge on any atom is 0.322 e. The summed E-state index contributed by atoms with van der Waals surface area (Å²) in [5, 5.41) is 22.6. The standard InChI is InChI=1S/C18H13ClN2O4S/c19-17-11-6-2-1-5-10(11)16(26-13-8-4-3-7-12(13)22)15(21-17)18(25)20-9-14(23)24/h1-8,22H,9H2,(H,20,25)(H,23,24). The minimum Gasteiger partial charge on any atom is -0.507 e. The van der Waals surface area contributed by atoms with Gasteiger partial charge in [-0.25, -0.2) is 4.98 Å². The Morgan fingerprint density at radius 3 is 2.42 bits per heavy atom. The number of fused-ring (bicyclic) bond motifs is 1. The molecule has 3 N–H and O–H groups in total. The van der Waals surface area contributed by atoms with Gasteiger partial charge in [0.05, 0.1) is 9.79 Å². The van der Waals surface area contributed by atoms with Gasteiger partial charge in [-0.1, -0.05) is 59.8 Å². The molecule has 2 aromatic carbocycles. The summed E-state index contributed by atoms with van der Waals surface area (Å²) >= 11 is 7.37. The fourth-order valence-electron chi connectivity index (χ4n) is 2.35. The minimum absolute atomic E-state index is 0.00297. The van der Waals surface area contributed by atoms with Crippen LogP contribution in [0.2, 0.25) is 5.15 Å². The molecule has 0 spiro atoms. The Morgan fingerprint density at radius 1 is 1.08 bits per heavy atom. The molecule has 0 aliphatic rings. The molecule has 0 unspecified atom stereocenters. The molecule has 1 aromatic heterocycles. The first-order chi connectivity index (χ1) is 12.5. The molecule has 0 radical (unpaired) electrons. The number of rotatable bonds is 5. The molecule has 0 saturated carbocycles. The molecule has 0 aliphatic carbocycles. The summed E-state index contributed by atoms with van der Waals surface area (Å²) in [4.78, 5) is 28.4. The van der Waals surface area contributed by atoms with Crippen molar-refractivity contribution >= 4 is 46.0 Å². The van der Waals surface area contributed by atoms with Crippen molar-refractivity contribution in [1.29, 1.82) is 0 Å². The van der Waals surface area contributed by atoms with Crippen molar-refractivity contribution in [3.63, 3.8) is 0 Å². The fraction of sp³-hybridized carbons (Fsp3) is 0.0556. The zero-order chi connectivity index (χ0) is 18.7. The quantitative estimate of drug-likeness (QED) is 0.578. The lowest BCUT2D eigenvalue weighted by Gasteiger charge is -2.13. The average molecular weight is 389 g/mol. The van der Waals surface area contributed by atoms with Gasteiger partial charge in [0.2, 0.25) is 0 Å². The largest absolute Gasteiger partial charge is 0.507 e. The lowest BCUT2D eigenvalue weighted by atomic mass is 10.1. The van der Waals surface area contributed by atoms with Crippen molar-refractivity contribution in [2.75, 3.05) is 6.54 Å². The number of aromatic hydroxyl groups is 1. The first-order valence-electron chi connectivity index (χ1n) is 7.51. The van der Waals surface area contributed by atoms with E-state index in [-0.39, 0.29) is 16.6 Å². The Hall–Kier alpha value is -2.77. The summed E-state index contributed by atoms with van der Waals surface area (Å²) in [6.07, 6.45) is 0. The third-order valence-electron chi connectivity index (χ3n) is 3.51. The van der Waals surface area contributed by atoms with Crippen LogP contribution in [0.4, 0.5) is 0 Å². The number of carbonyl (C=O) groups is 2. The van der Waals surface area contributed by atoms with Gasteiger partial charge in [-0.3, -0.25) is 9.59 Å². The highest BCUT2D eigenvalue weighted by Gasteiger charge is 2.21. The number of aromatic nitrogens is 1. The van der Waals surface area contributed by atoms with Crippen LogP contribution in [0.1, 0.15) is 10.5 Å². The van der Waals surface area contributed by atoms with Crippen LogP contribution in [0, 0.1) is 0 Å². The summed E-state index contributed by atoms with van der Waals surface area (Å²) in [7, 11) is 0. The number of aliphatic carboxylic acids is 1. The van der Waals surface area contributed by atoms with Crippen molar-refractivity contribution in [3.8, 4) is 5.75 Å². The van der Waals surface area contributed by atoms with Crippen LogP contribution >= 0.6 is 23.4 Å². The number of para-hydroxylation sites is 1. The van der Waals surface area contributed by atoms with Crippen molar-refractivity contribution < 1.29 is 19.8 Å². The fourth-order valence-corrected chi connectivity index (χ4v) is 3.66. The van der Waals surface area contributed by atoms with Crippen LogP contribution in [0.5, 0.6) is 5.75 Å². The molecule has 0 saturated heterocycles. The van der Waals surface area contributed by atoms with Crippen molar-refractivity contribution in [2.24, 2.45) is 0 Å². The van der Waals surface area contributed by atoms with E-state index < -0.39 is 18.4 Å². The van der Waals surface area contributed by atoms with E-state index in [1.807, 2.05) is 0 Å². The van der Waals surface area contributed by atoms with Crippen LogP contribution in [-0.4, -0.2) is 33.6 Å². The zero-order valence-electron chi connectivity index (χ0n) is 13.3. The number of benzene rings is 2. The number of hydrogen-bond donors (Lipinski definition) is 3. The number of carboxylic acid groups (broad SMARTS) is 1. The van der Waals surface area contributed by atoms with E-state index in [1.54, 1.807) is 42.5 Å². The molecule has 0 bridgehead atoms. The SMILES string of the molecule is O=C(O)CNC(=O)c1nc(Cl)c2ccccc2c1Sc1ccccc1O. The number of hydrogen-bond acceptors (Lipinski definition) is 5. The molecule has 1 amide bonds. The number of nitrogens with one attached hydrogen (secondary N) is 1. The maximum atomic E-state index is 12.5. The molecule has 26 heavy (non-hydrogen) atoms. The topological polar surface area (TPSA) is 99.5 Å². The van der Waals surface area contributed by atoms with E-state index in [9.17, 15) is 14.7 Å². The Bertz CT molecular complexity index is 1010. The Labute approximate surface area is 157 Å². The van der Waals surface area contributed by atoms with Gasteiger partial charge in [-0.2, -0.15) is 0 Å². The third kappa shape index (κ3) is 3.74. The van der Waals surface area contributed by atoms with Crippen LogP contribution in [0.3, 0.4) is 0 Å². The predicted octanol–water partition coefficient (Wildman–Crippen LogP) is 3.56. The van der Waals surface area contributed by atoms with Gasteiger partial charge in [0.1, 0.15) is 23.1 Å². The number of carboxylic acids is 1. The van der Waals surface area contributed by atoms with E-state index in [0.717, 1.165) is 11.8 Å². The lowest BCUT2D eigenvalue weighted by molar-refractivity contribution is -0.135. The molecule has 132 valence electrons. The van der Waals surface area contributed by atoms with Crippen molar-refractivity contribution in [2.45, 2.75) is 9.79 Å². The average Bonchev–Trinajstić information content (AvgIpc) is 2.63. The van der Waals surface area contributed by atoms with E-state index >= 15 is 0 Å². The van der Waals surface area contributed by atoms with Gasteiger partial charge in [0.15, 0.2) is 0 Å². The number of carbonyl (C=O) groups excluding carboxylic acids is 1. The molecule has 3 aromatic rings. The second kappa shape index (κ2) is 7.63. The van der Waals surface area contributed by atoms with Crippen molar-refractivity contribution in [1.82, 2.24) is 10.3 Å². The highest BCUT2D eigenvalue weighted by molar-refractivity contribution is 7.99. The molecule has 0 atom stereocenters. The highest BCUT2D eigenvalue weighted by atomic mass is 35.5. The van der Waals surface area contributed by atoms with E-state index in [4.69, 9.17) is 16.7 Å². The van der Waals surface area contributed by atoms with Gasteiger partial charge in [-0.15, -0.1) is 0 Å². The predicted molar refractivity (Wildman–Crippen MR) is 99.0 cm³/mol. The van der Waals surface area contributed by atoms with Crippen LogP contribution < -0.4 is 5.32 Å². The molecule has 0 fully saturated rings. The summed E-state index contributed by atoms with van der Waals surface area (Å²) in [6, 6.07) is 13.9. The molecular formula is C18H13ClN2O4S. The third-order valence-corrected chi connectivity index (χ3v) is 4.98. The molecule has 0 aliphatic heterocycles. The van der Waals surface area contributed by atoms with Gasteiger partial charge >= 0.3 is 5.97 Å². The zero-order valence-corrected chi connectivity index (χ0v) is 14.8. The number of phenolic OH excluding ortho intramolecular Hbond substituents is 1. The molecule has 3 rings (SSSR count). The van der Waals surface area contributed by atoms with Gasteiger partial charge < -0.3 is 15.5 Å². The normalized spacial score (nSPS) is 10.7. The minimum atomic E-state index is -1.17. The second-order valence-corrected chi connectivity index (χ2v) is 6.68. The smallest absolute Gasteiger partial charge is 0.322 e. The van der Waals surface area contributed by atoms with Gasteiger partial charge in [-0.05, 0) is 12.1 Å². The first kappa shape index (κ1) is 18.0. The second-order valence-electron chi connectivity index (χ2n) is 5.27. The van der Waals surface area contributed by atoms with Crippen LogP contribution in [-0.2, 0) is 4.79 Å². The van der Waals surface area contributed by atoms with E-state index in [1.165, 1.54) is 6.07 Å². The number of halogens is 1. The maximum absolute atomic E-state index is 12.5. The number of pyridine rings is 1.